The van der Waals surface area contributed by atoms with Crippen molar-refractivity contribution in [1.29, 1.82) is 0 Å². The zero-order valence-electron chi connectivity index (χ0n) is 13.5. The number of carbonyl (C=O) groups is 1. The normalized spacial score (nSPS) is 12.0. The fourth-order valence-electron chi connectivity index (χ4n) is 2.54. The van der Waals surface area contributed by atoms with Crippen LogP contribution in [0.25, 0.3) is 10.8 Å². The Morgan fingerprint density at radius 1 is 1.17 bits per heavy atom. The van der Waals surface area contributed by atoms with E-state index in [0.717, 1.165) is 10.8 Å². The van der Waals surface area contributed by atoms with E-state index in [-0.39, 0.29) is 11.9 Å². The second-order valence-corrected chi connectivity index (χ2v) is 5.97. The van der Waals surface area contributed by atoms with Crippen molar-refractivity contribution in [3.8, 4) is 5.75 Å². The van der Waals surface area contributed by atoms with Crippen molar-refractivity contribution in [3.63, 3.8) is 0 Å². The molecule has 0 aliphatic carbocycles. The second kappa shape index (κ2) is 6.89. The van der Waals surface area contributed by atoms with Gasteiger partial charge >= 0.3 is 0 Å². The average Bonchev–Trinajstić information content (AvgIpc) is 2.61. The van der Waals surface area contributed by atoms with E-state index in [1.54, 1.807) is 25.3 Å². The summed E-state index contributed by atoms with van der Waals surface area (Å²) in [7, 11) is 1.56. The first kappa shape index (κ1) is 16.3. The fraction of sp³-hybridized carbons (Fsp3) is 0.158. The van der Waals surface area contributed by atoms with Crippen molar-refractivity contribution < 1.29 is 14.1 Å². The molecule has 0 aliphatic rings. The van der Waals surface area contributed by atoms with Crippen molar-refractivity contribution in [2.75, 3.05) is 12.4 Å². The number of hydrogen-bond acceptors (Lipinski definition) is 2. The summed E-state index contributed by atoms with van der Waals surface area (Å²) in [6.45, 7) is 1.85. The minimum atomic E-state index is -0.377. The zero-order valence-corrected chi connectivity index (χ0v) is 14.2. The number of benzene rings is 2. The third kappa shape index (κ3) is 3.34. The number of rotatable bonds is 4. The molecule has 5 heteroatoms. The van der Waals surface area contributed by atoms with Crippen LogP contribution in [0.5, 0.6) is 5.75 Å². The van der Waals surface area contributed by atoms with Gasteiger partial charge in [0, 0.05) is 23.4 Å². The Morgan fingerprint density at radius 2 is 1.92 bits per heavy atom. The van der Waals surface area contributed by atoms with E-state index in [1.165, 1.54) is 0 Å². The number of nitrogens with one attached hydrogen (secondary N) is 1. The first-order valence-corrected chi connectivity index (χ1v) is 8.00. The molecule has 0 bridgehead atoms. The average molecular weight is 342 g/mol. The second-order valence-electron chi connectivity index (χ2n) is 5.53. The van der Waals surface area contributed by atoms with Crippen LogP contribution < -0.4 is 14.6 Å². The van der Waals surface area contributed by atoms with E-state index in [4.69, 9.17) is 16.3 Å². The quantitative estimate of drug-likeness (QED) is 0.729. The van der Waals surface area contributed by atoms with Crippen molar-refractivity contribution in [2.24, 2.45) is 0 Å². The number of amides is 1. The third-order valence-electron chi connectivity index (χ3n) is 3.96. The molecule has 1 atom stereocenters. The molecular formula is C19H18ClN2O2+. The molecule has 0 saturated carbocycles. The Balaban J connectivity index is 1.85. The van der Waals surface area contributed by atoms with Crippen LogP contribution in [0.4, 0.5) is 5.69 Å². The minimum Gasteiger partial charge on any atom is -0.495 e. The van der Waals surface area contributed by atoms with E-state index in [0.29, 0.717) is 16.5 Å². The Hall–Kier alpha value is -2.59. The molecule has 1 heterocycles. The lowest BCUT2D eigenvalue weighted by atomic mass is 10.1. The summed E-state index contributed by atoms with van der Waals surface area (Å²) in [5.41, 5.74) is 0.559. The van der Waals surface area contributed by atoms with Gasteiger partial charge in [-0.05, 0) is 29.7 Å². The molecule has 122 valence electrons. The third-order valence-corrected chi connectivity index (χ3v) is 4.19. The minimum absolute atomic E-state index is 0.143. The molecule has 0 spiro atoms. The van der Waals surface area contributed by atoms with Crippen LogP contribution in [-0.2, 0) is 4.79 Å². The van der Waals surface area contributed by atoms with E-state index < -0.39 is 0 Å². The van der Waals surface area contributed by atoms with Gasteiger partial charge in [0.05, 0.1) is 12.8 Å². The Kier molecular flexibility index (Phi) is 4.67. The number of fused-ring (bicyclic) bond motifs is 1. The molecule has 0 unspecified atom stereocenters. The predicted octanol–water partition coefficient (Wildman–Crippen LogP) is 3.99. The number of ether oxygens (including phenoxy) is 1. The van der Waals surface area contributed by atoms with E-state index >= 15 is 0 Å². The van der Waals surface area contributed by atoms with Crippen LogP contribution in [0, 0.1) is 0 Å². The van der Waals surface area contributed by atoms with Gasteiger partial charge in [-0.2, -0.15) is 4.57 Å². The summed E-state index contributed by atoms with van der Waals surface area (Å²) in [5, 5.41) is 5.64. The lowest BCUT2D eigenvalue weighted by molar-refractivity contribution is -0.704. The van der Waals surface area contributed by atoms with Crippen LogP contribution >= 0.6 is 11.6 Å². The number of methoxy groups -OCH3 is 1. The van der Waals surface area contributed by atoms with Gasteiger partial charge in [-0.3, -0.25) is 4.79 Å². The Bertz CT molecular complexity index is 895. The van der Waals surface area contributed by atoms with Crippen molar-refractivity contribution in [3.05, 3.63) is 65.9 Å². The van der Waals surface area contributed by atoms with Gasteiger partial charge in [-0.25, -0.2) is 0 Å². The maximum atomic E-state index is 12.6. The highest BCUT2D eigenvalue weighted by Crippen LogP contribution is 2.28. The highest BCUT2D eigenvalue weighted by atomic mass is 35.5. The Labute approximate surface area is 145 Å². The van der Waals surface area contributed by atoms with Crippen molar-refractivity contribution in [2.45, 2.75) is 13.0 Å². The highest BCUT2D eigenvalue weighted by molar-refractivity contribution is 6.31. The molecule has 1 amide bonds. The lowest BCUT2D eigenvalue weighted by Crippen LogP contribution is -2.44. The van der Waals surface area contributed by atoms with Gasteiger partial charge in [0.2, 0.25) is 6.04 Å². The summed E-state index contributed by atoms with van der Waals surface area (Å²) in [6.07, 6.45) is 3.87. The van der Waals surface area contributed by atoms with Crippen LogP contribution in [0.3, 0.4) is 0 Å². The number of nitrogens with zero attached hydrogens (tertiary/aromatic N) is 1. The molecule has 4 nitrogen and oxygen atoms in total. The molecule has 1 N–H and O–H groups in total. The molecule has 3 rings (SSSR count). The number of carbonyl (C=O) groups excluding carboxylic acids is 1. The van der Waals surface area contributed by atoms with Gasteiger partial charge in [-0.15, -0.1) is 0 Å². The molecule has 0 fully saturated rings. The van der Waals surface area contributed by atoms with Crippen molar-refractivity contribution >= 4 is 34.0 Å². The topological polar surface area (TPSA) is 42.2 Å². The predicted molar refractivity (Wildman–Crippen MR) is 95.5 cm³/mol. The maximum absolute atomic E-state index is 12.6. The molecule has 1 aromatic heterocycles. The van der Waals surface area contributed by atoms with Crippen LogP contribution in [-0.4, -0.2) is 13.0 Å². The molecule has 2 aromatic carbocycles. The molecular weight excluding hydrogens is 324 g/mol. The summed E-state index contributed by atoms with van der Waals surface area (Å²) in [5.74, 6) is 0.430. The SMILES string of the molecule is COc1ccc(Cl)cc1NC(=O)[C@H](C)[n+]1ccc2ccccc2c1. The molecule has 24 heavy (non-hydrogen) atoms. The lowest BCUT2D eigenvalue weighted by Gasteiger charge is -2.12. The molecule has 0 saturated heterocycles. The summed E-state index contributed by atoms with van der Waals surface area (Å²) in [6, 6.07) is 14.8. The highest BCUT2D eigenvalue weighted by Gasteiger charge is 2.23. The van der Waals surface area contributed by atoms with Gasteiger partial charge in [0.1, 0.15) is 5.75 Å². The zero-order chi connectivity index (χ0) is 17.1. The number of halogens is 1. The van der Waals surface area contributed by atoms with Gasteiger partial charge in [0.25, 0.3) is 5.91 Å². The number of anilines is 1. The first-order valence-electron chi connectivity index (χ1n) is 7.62. The first-order chi connectivity index (χ1) is 11.6. The standard InChI is InChI=1S/C19H17ClN2O2/c1-13(22-10-9-14-5-3-4-6-15(14)12-22)19(23)21-17-11-16(20)7-8-18(17)24-2/h3-13H,1-2H3/p+1/t13-/m0/s1. The molecule has 0 radical (unpaired) electrons. The van der Waals surface area contributed by atoms with Crippen LogP contribution in [0.2, 0.25) is 5.02 Å². The van der Waals surface area contributed by atoms with Crippen LogP contribution in [0.15, 0.2) is 60.9 Å². The number of pyridine rings is 1. The maximum Gasteiger partial charge on any atom is 0.293 e. The van der Waals surface area contributed by atoms with Crippen LogP contribution in [0.1, 0.15) is 13.0 Å². The largest absolute Gasteiger partial charge is 0.495 e. The monoisotopic (exact) mass is 341 g/mol. The smallest absolute Gasteiger partial charge is 0.293 e. The van der Waals surface area contributed by atoms with E-state index in [1.807, 2.05) is 54.2 Å². The van der Waals surface area contributed by atoms with E-state index in [2.05, 4.69) is 5.32 Å². The van der Waals surface area contributed by atoms with Gasteiger partial charge in [0.15, 0.2) is 12.4 Å². The Morgan fingerprint density at radius 3 is 2.67 bits per heavy atom. The number of aromatic nitrogens is 1. The van der Waals surface area contributed by atoms with Gasteiger partial charge in [-0.1, -0.05) is 29.8 Å². The summed E-state index contributed by atoms with van der Waals surface area (Å²) in [4.78, 5) is 12.6. The molecule has 0 aliphatic heterocycles. The van der Waals surface area contributed by atoms with E-state index in [9.17, 15) is 4.79 Å². The van der Waals surface area contributed by atoms with Gasteiger partial charge < -0.3 is 10.1 Å². The molecule has 3 aromatic rings. The fourth-order valence-corrected chi connectivity index (χ4v) is 2.71. The summed E-state index contributed by atoms with van der Waals surface area (Å²) >= 11 is 6.01. The summed E-state index contributed by atoms with van der Waals surface area (Å²) < 4.78 is 7.15. The van der Waals surface area contributed by atoms with Crippen molar-refractivity contribution in [1.82, 2.24) is 0 Å². The number of hydrogen-bond donors (Lipinski definition) is 1.